The van der Waals surface area contributed by atoms with E-state index in [-0.39, 0.29) is 5.82 Å². The largest absolute Gasteiger partial charge is 0.324 e. The summed E-state index contributed by atoms with van der Waals surface area (Å²) in [7, 11) is 0. The second kappa shape index (κ2) is 4.78. The Kier molecular flexibility index (Phi) is 2.96. The van der Waals surface area contributed by atoms with E-state index in [0.29, 0.717) is 5.56 Å². The highest BCUT2D eigenvalue weighted by Crippen LogP contribution is 2.25. The molecule has 0 atom stereocenters. The fourth-order valence-electron chi connectivity index (χ4n) is 2.37. The summed E-state index contributed by atoms with van der Waals surface area (Å²) in [6.45, 7) is 2.75. The van der Waals surface area contributed by atoms with E-state index >= 15 is 0 Å². The molecule has 3 aromatic rings. The fourth-order valence-corrected chi connectivity index (χ4v) is 2.37. The normalized spacial score (nSPS) is 10.7. The zero-order chi connectivity index (χ0) is 14.1. The van der Waals surface area contributed by atoms with E-state index in [1.54, 1.807) is 18.2 Å². The molecule has 98 valence electrons. The van der Waals surface area contributed by atoms with E-state index in [0.717, 1.165) is 29.0 Å². The minimum atomic E-state index is -0.282. The Labute approximate surface area is 115 Å². The van der Waals surface area contributed by atoms with Crippen molar-refractivity contribution in [2.45, 2.75) is 13.5 Å². The Morgan fingerprint density at radius 1 is 1.25 bits per heavy atom. The van der Waals surface area contributed by atoms with Gasteiger partial charge in [0.1, 0.15) is 11.6 Å². The maximum absolute atomic E-state index is 13.4. The molecule has 0 unspecified atom stereocenters. The van der Waals surface area contributed by atoms with Crippen LogP contribution in [0.4, 0.5) is 4.39 Å². The number of fused-ring (bicyclic) bond motifs is 1. The number of hydrogen-bond acceptors (Lipinski definition) is 2. The van der Waals surface area contributed by atoms with Crippen molar-refractivity contribution >= 4 is 11.0 Å². The van der Waals surface area contributed by atoms with Crippen LogP contribution in [-0.2, 0) is 6.54 Å². The van der Waals surface area contributed by atoms with Crippen molar-refractivity contribution in [3.8, 4) is 17.5 Å². The van der Waals surface area contributed by atoms with Crippen LogP contribution in [0, 0.1) is 17.1 Å². The van der Waals surface area contributed by atoms with Crippen molar-refractivity contribution in [3.05, 3.63) is 53.8 Å². The molecule has 0 N–H and O–H groups in total. The van der Waals surface area contributed by atoms with Gasteiger partial charge in [0.05, 0.1) is 22.7 Å². The Morgan fingerprint density at radius 3 is 2.80 bits per heavy atom. The first-order chi connectivity index (χ1) is 9.72. The molecule has 0 fully saturated rings. The van der Waals surface area contributed by atoms with Gasteiger partial charge in [0, 0.05) is 12.1 Å². The zero-order valence-electron chi connectivity index (χ0n) is 11.0. The Morgan fingerprint density at radius 2 is 2.10 bits per heavy atom. The predicted molar refractivity (Wildman–Crippen MR) is 75.5 cm³/mol. The summed E-state index contributed by atoms with van der Waals surface area (Å²) in [4.78, 5) is 4.55. The van der Waals surface area contributed by atoms with Crippen LogP contribution in [0.3, 0.4) is 0 Å². The third-order valence-electron chi connectivity index (χ3n) is 3.28. The number of benzene rings is 2. The highest BCUT2D eigenvalue weighted by atomic mass is 19.1. The van der Waals surface area contributed by atoms with Crippen LogP contribution >= 0.6 is 0 Å². The molecule has 1 aromatic heterocycles. The molecule has 0 saturated heterocycles. The lowest BCUT2D eigenvalue weighted by atomic mass is 10.2. The molecular weight excluding hydrogens is 253 g/mol. The number of nitriles is 1. The van der Waals surface area contributed by atoms with Crippen LogP contribution < -0.4 is 0 Å². The maximum atomic E-state index is 13.4. The second-order valence-electron chi connectivity index (χ2n) is 4.51. The minimum Gasteiger partial charge on any atom is -0.324 e. The number of aryl methyl sites for hydroxylation is 1. The van der Waals surface area contributed by atoms with E-state index in [2.05, 4.69) is 11.1 Å². The lowest BCUT2D eigenvalue weighted by Crippen LogP contribution is -1.97. The van der Waals surface area contributed by atoms with Gasteiger partial charge in [-0.1, -0.05) is 12.1 Å². The summed E-state index contributed by atoms with van der Waals surface area (Å²) in [5, 5.41) is 8.95. The summed E-state index contributed by atoms with van der Waals surface area (Å²) in [6.07, 6.45) is 0. The summed E-state index contributed by atoms with van der Waals surface area (Å²) >= 11 is 0. The lowest BCUT2D eigenvalue weighted by Gasteiger charge is -2.06. The highest BCUT2D eigenvalue weighted by molar-refractivity contribution is 5.82. The van der Waals surface area contributed by atoms with Gasteiger partial charge < -0.3 is 4.57 Å². The van der Waals surface area contributed by atoms with Crippen molar-refractivity contribution in [2.75, 3.05) is 0 Å². The molecule has 1 heterocycles. The monoisotopic (exact) mass is 265 g/mol. The zero-order valence-corrected chi connectivity index (χ0v) is 11.0. The van der Waals surface area contributed by atoms with Crippen LogP contribution in [-0.4, -0.2) is 9.55 Å². The maximum Gasteiger partial charge on any atom is 0.141 e. The summed E-state index contributed by atoms with van der Waals surface area (Å²) < 4.78 is 15.4. The molecule has 3 rings (SSSR count). The Bertz CT molecular complexity index is 827. The average Bonchev–Trinajstić information content (AvgIpc) is 2.84. The highest BCUT2D eigenvalue weighted by Gasteiger charge is 2.12. The molecule has 2 aromatic carbocycles. The van der Waals surface area contributed by atoms with Crippen LogP contribution in [0.25, 0.3) is 22.4 Å². The summed E-state index contributed by atoms with van der Waals surface area (Å²) in [5.74, 6) is 0.437. The standard InChI is InChI=1S/C16H12FN3/c1-2-20-15-7-6-11(10-18)8-14(15)19-16(20)12-4-3-5-13(17)9-12/h3-9H,2H2,1H3. The van der Waals surface area contributed by atoms with Gasteiger partial charge in [0.15, 0.2) is 0 Å². The third-order valence-corrected chi connectivity index (χ3v) is 3.28. The van der Waals surface area contributed by atoms with Crippen LogP contribution in [0.2, 0.25) is 0 Å². The fraction of sp³-hybridized carbons (Fsp3) is 0.125. The molecule has 0 radical (unpaired) electrons. The Balaban J connectivity index is 2.28. The van der Waals surface area contributed by atoms with E-state index in [1.165, 1.54) is 12.1 Å². The number of nitrogens with zero attached hydrogens (tertiary/aromatic N) is 3. The van der Waals surface area contributed by atoms with E-state index in [1.807, 2.05) is 23.6 Å². The van der Waals surface area contributed by atoms with Gasteiger partial charge in [-0.2, -0.15) is 5.26 Å². The number of hydrogen-bond donors (Lipinski definition) is 0. The van der Waals surface area contributed by atoms with Crippen molar-refractivity contribution < 1.29 is 4.39 Å². The quantitative estimate of drug-likeness (QED) is 0.708. The molecule has 20 heavy (non-hydrogen) atoms. The summed E-state index contributed by atoms with van der Waals surface area (Å²) in [6, 6.07) is 13.9. The average molecular weight is 265 g/mol. The third kappa shape index (κ3) is 1.94. The molecule has 0 aliphatic carbocycles. The van der Waals surface area contributed by atoms with Crippen molar-refractivity contribution in [1.82, 2.24) is 9.55 Å². The van der Waals surface area contributed by atoms with Gasteiger partial charge in [-0.25, -0.2) is 9.37 Å². The molecule has 0 aliphatic rings. The van der Waals surface area contributed by atoms with Gasteiger partial charge in [-0.15, -0.1) is 0 Å². The van der Waals surface area contributed by atoms with Crippen LogP contribution in [0.15, 0.2) is 42.5 Å². The summed E-state index contributed by atoms with van der Waals surface area (Å²) in [5.41, 5.74) is 3.02. The van der Waals surface area contributed by atoms with Crippen molar-refractivity contribution in [2.24, 2.45) is 0 Å². The molecule has 3 nitrogen and oxygen atoms in total. The first kappa shape index (κ1) is 12.4. The Hall–Kier alpha value is -2.67. The SMILES string of the molecule is CCn1c(-c2cccc(F)c2)nc2cc(C#N)ccc21. The smallest absolute Gasteiger partial charge is 0.141 e. The topological polar surface area (TPSA) is 41.6 Å². The molecule has 0 bridgehead atoms. The molecule has 0 saturated carbocycles. The predicted octanol–water partition coefficient (Wildman–Crippen LogP) is 3.73. The molecule has 0 spiro atoms. The second-order valence-corrected chi connectivity index (χ2v) is 4.51. The van der Waals surface area contributed by atoms with Crippen LogP contribution in [0.5, 0.6) is 0 Å². The molecule has 0 amide bonds. The molecular formula is C16H12FN3. The van der Waals surface area contributed by atoms with Gasteiger partial charge in [0.25, 0.3) is 0 Å². The first-order valence-electron chi connectivity index (χ1n) is 6.39. The van der Waals surface area contributed by atoms with Crippen LogP contribution in [0.1, 0.15) is 12.5 Å². The molecule has 0 aliphatic heterocycles. The minimum absolute atomic E-state index is 0.282. The van der Waals surface area contributed by atoms with E-state index < -0.39 is 0 Å². The van der Waals surface area contributed by atoms with E-state index in [9.17, 15) is 4.39 Å². The number of rotatable bonds is 2. The molecule has 4 heteroatoms. The first-order valence-corrected chi connectivity index (χ1v) is 6.39. The van der Waals surface area contributed by atoms with Gasteiger partial charge in [0.2, 0.25) is 0 Å². The van der Waals surface area contributed by atoms with Gasteiger partial charge >= 0.3 is 0 Å². The number of imidazole rings is 1. The van der Waals surface area contributed by atoms with E-state index in [4.69, 9.17) is 5.26 Å². The lowest BCUT2D eigenvalue weighted by molar-refractivity contribution is 0.628. The number of halogens is 1. The van der Waals surface area contributed by atoms with Gasteiger partial charge in [-0.05, 0) is 37.3 Å². The van der Waals surface area contributed by atoms with Crippen molar-refractivity contribution in [3.63, 3.8) is 0 Å². The van der Waals surface area contributed by atoms with Gasteiger partial charge in [-0.3, -0.25) is 0 Å². The number of aromatic nitrogens is 2. The van der Waals surface area contributed by atoms with Crippen molar-refractivity contribution in [1.29, 1.82) is 5.26 Å².